The third-order valence-corrected chi connectivity index (χ3v) is 4.91. The highest BCUT2D eigenvalue weighted by Crippen LogP contribution is 2.30. The normalized spacial score (nSPS) is 11.3. The maximum Gasteiger partial charge on any atom is 0.416 e. The van der Waals surface area contributed by atoms with E-state index in [1.807, 2.05) is 60.7 Å². The van der Waals surface area contributed by atoms with Crippen LogP contribution in [0, 0.1) is 0 Å². The predicted molar refractivity (Wildman–Crippen MR) is 119 cm³/mol. The molecule has 0 unspecified atom stereocenters. The summed E-state index contributed by atoms with van der Waals surface area (Å²) in [5.74, 6) is -0.175. The number of amides is 1. The van der Waals surface area contributed by atoms with E-state index >= 15 is 0 Å². The van der Waals surface area contributed by atoms with Crippen LogP contribution in [0.4, 0.5) is 18.9 Å². The number of hydrogen-bond acceptors (Lipinski definition) is 3. The van der Waals surface area contributed by atoms with Crippen molar-refractivity contribution in [3.8, 4) is 5.88 Å². The average Bonchev–Trinajstić information content (AvgIpc) is 2.84. The number of halogens is 3. The van der Waals surface area contributed by atoms with Crippen molar-refractivity contribution >= 4 is 11.6 Å². The number of pyridine rings is 1. The summed E-state index contributed by atoms with van der Waals surface area (Å²) in [5.41, 5.74) is 1.61. The van der Waals surface area contributed by atoms with Crippen LogP contribution >= 0.6 is 0 Å². The topological polar surface area (TPSA) is 51.2 Å². The van der Waals surface area contributed by atoms with Crippen molar-refractivity contribution in [2.45, 2.75) is 12.3 Å². The molecular weight excluding hydrogens is 429 g/mol. The van der Waals surface area contributed by atoms with Gasteiger partial charge in [-0.1, -0.05) is 60.7 Å². The van der Waals surface area contributed by atoms with Gasteiger partial charge in [-0.15, -0.1) is 0 Å². The molecule has 7 heteroatoms. The first-order valence-corrected chi connectivity index (χ1v) is 10.1. The maximum absolute atomic E-state index is 12.7. The molecule has 166 valence electrons. The summed E-state index contributed by atoms with van der Waals surface area (Å²) in [4.78, 5) is 16.6. The Morgan fingerprint density at radius 2 is 1.36 bits per heavy atom. The number of nitrogens with one attached hydrogen (secondary N) is 1. The smallest absolute Gasteiger partial charge is 0.416 e. The molecule has 1 N–H and O–H groups in total. The number of ether oxygens (including phenoxy) is 1. The molecule has 3 aromatic carbocycles. The molecule has 0 aliphatic heterocycles. The molecule has 0 atom stereocenters. The van der Waals surface area contributed by atoms with Gasteiger partial charge in [0.15, 0.2) is 6.10 Å². The van der Waals surface area contributed by atoms with Gasteiger partial charge < -0.3 is 10.1 Å². The molecule has 0 aliphatic rings. The van der Waals surface area contributed by atoms with Gasteiger partial charge >= 0.3 is 6.18 Å². The van der Waals surface area contributed by atoms with Crippen molar-refractivity contribution < 1.29 is 22.7 Å². The third-order valence-electron chi connectivity index (χ3n) is 4.91. The minimum Gasteiger partial charge on any atom is -0.465 e. The number of carbonyl (C=O) groups is 1. The highest BCUT2D eigenvalue weighted by molar-refractivity contribution is 6.04. The molecule has 0 saturated carbocycles. The van der Waals surface area contributed by atoms with E-state index in [0.717, 1.165) is 35.4 Å². The fraction of sp³-hybridized carbons (Fsp3) is 0.0769. The number of hydrogen-bond donors (Lipinski definition) is 1. The fourth-order valence-corrected chi connectivity index (χ4v) is 3.24. The standard InChI is InChI=1S/C26H19F3N2O2/c27-26(28,29)21-13-11-20(12-14-21)25(32)31-22-15-16-23(30-17-22)33-24(18-7-3-1-4-8-18)19-9-5-2-6-10-19/h1-17,24H,(H,31,32). The summed E-state index contributed by atoms with van der Waals surface area (Å²) in [5, 5.41) is 2.62. The summed E-state index contributed by atoms with van der Waals surface area (Å²) in [7, 11) is 0. The second kappa shape index (κ2) is 9.56. The Labute approximate surface area is 188 Å². The van der Waals surface area contributed by atoms with E-state index in [1.165, 1.54) is 6.20 Å². The fourth-order valence-electron chi connectivity index (χ4n) is 3.24. The van der Waals surface area contributed by atoms with E-state index in [1.54, 1.807) is 12.1 Å². The largest absolute Gasteiger partial charge is 0.465 e. The number of benzene rings is 3. The van der Waals surface area contributed by atoms with Crippen LogP contribution in [-0.4, -0.2) is 10.9 Å². The van der Waals surface area contributed by atoms with E-state index in [2.05, 4.69) is 10.3 Å². The van der Waals surface area contributed by atoms with Gasteiger partial charge in [0.2, 0.25) is 5.88 Å². The van der Waals surface area contributed by atoms with Crippen LogP contribution in [0.1, 0.15) is 33.2 Å². The molecule has 0 saturated heterocycles. The number of alkyl halides is 3. The molecule has 4 aromatic rings. The Bertz CT molecular complexity index is 1160. The van der Waals surface area contributed by atoms with Crippen LogP contribution in [0.25, 0.3) is 0 Å². The Morgan fingerprint density at radius 3 is 1.85 bits per heavy atom. The lowest BCUT2D eigenvalue weighted by Gasteiger charge is -2.19. The minimum atomic E-state index is -4.45. The Kier molecular flexibility index (Phi) is 6.40. The summed E-state index contributed by atoms with van der Waals surface area (Å²) in [6.45, 7) is 0. The number of nitrogens with zero attached hydrogens (tertiary/aromatic N) is 1. The van der Waals surface area contributed by atoms with Gasteiger partial charge in [0.25, 0.3) is 5.91 Å². The molecule has 1 amide bonds. The van der Waals surface area contributed by atoms with Crippen LogP contribution in [0.3, 0.4) is 0 Å². The molecule has 0 bridgehead atoms. The van der Waals surface area contributed by atoms with E-state index in [0.29, 0.717) is 11.6 Å². The van der Waals surface area contributed by atoms with Crippen LogP contribution in [0.5, 0.6) is 5.88 Å². The zero-order valence-electron chi connectivity index (χ0n) is 17.3. The zero-order chi connectivity index (χ0) is 23.3. The lowest BCUT2D eigenvalue weighted by molar-refractivity contribution is -0.137. The van der Waals surface area contributed by atoms with Crippen molar-refractivity contribution in [3.63, 3.8) is 0 Å². The van der Waals surface area contributed by atoms with Crippen molar-refractivity contribution in [1.29, 1.82) is 0 Å². The van der Waals surface area contributed by atoms with E-state index < -0.39 is 17.6 Å². The molecule has 33 heavy (non-hydrogen) atoms. The van der Waals surface area contributed by atoms with E-state index in [-0.39, 0.29) is 11.7 Å². The van der Waals surface area contributed by atoms with Crippen LogP contribution in [-0.2, 0) is 6.18 Å². The molecule has 4 rings (SSSR count). The molecule has 1 heterocycles. The third kappa shape index (κ3) is 5.57. The predicted octanol–water partition coefficient (Wildman–Crippen LogP) is 6.52. The highest BCUT2D eigenvalue weighted by atomic mass is 19.4. The first-order valence-electron chi connectivity index (χ1n) is 10.1. The molecule has 0 aliphatic carbocycles. The number of carbonyl (C=O) groups excluding carboxylic acids is 1. The monoisotopic (exact) mass is 448 g/mol. The Morgan fingerprint density at radius 1 is 0.788 bits per heavy atom. The van der Waals surface area contributed by atoms with Gasteiger partial charge in [0.1, 0.15) is 0 Å². The first kappa shape index (κ1) is 22.1. The second-order valence-electron chi connectivity index (χ2n) is 7.23. The van der Waals surface area contributed by atoms with Crippen LogP contribution in [0.2, 0.25) is 0 Å². The second-order valence-corrected chi connectivity index (χ2v) is 7.23. The van der Waals surface area contributed by atoms with Crippen LogP contribution in [0.15, 0.2) is 103 Å². The highest BCUT2D eigenvalue weighted by Gasteiger charge is 2.30. The summed E-state index contributed by atoms with van der Waals surface area (Å²) >= 11 is 0. The van der Waals surface area contributed by atoms with Gasteiger partial charge in [-0.05, 0) is 41.5 Å². The van der Waals surface area contributed by atoms with Crippen molar-refractivity contribution in [2.24, 2.45) is 0 Å². The lowest BCUT2D eigenvalue weighted by Crippen LogP contribution is -2.13. The van der Waals surface area contributed by atoms with Crippen molar-refractivity contribution in [2.75, 3.05) is 5.32 Å². The van der Waals surface area contributed by atoms with Crippen molar-refractivity contribution in [3.05, 3.63) is 126 Å². The van der Waals surface area contributed by atoms with Gasteiger partial charge in [-0.25, -0.2) is 4.98 Å². The van der Waals surface area contributed by atoms with Gasteiger partial charge in [0, 0.05) is 11.6 Å². The first-order chi connectivity index (χ1) is 15.9. The van der Waals surface area contributed by atoms with Gasteiger partial charge in [-0.2, -0.15) is 13.2 Å². The minimum absolute atomic E-state index is 0.108. The van der Waals surface area contributed by atoms with Crippen LogP contribution < -0.4 is 10.1 Å². The summed E-state index contributed by atoms with van der Waals surface area (Å²) in [6, 6.07) is 26.7. The molecule has 4 nitrogen and oxygen atoms in total. The van der Waals surface area contributed by atoms with Gasteiger partial charge in [0.05, 0.1) is 17.4 Å². The SMILES string of the molecule is O=C(Nc1ccc(OC(c2ccccc2)c2ccccc2)nc1)c1ccc(C(F)(F)F)cc1. The molecule has 0 radical (unpaired) electrons. The van der Waals surface area contributed by atoms with Crippen molar-refractivity contribution in [1.82, 2.24) is 4.98 Å². The molecule has 0 fully saturated rings. The molecule has 0 spiro atoms. The quantitative estimate of drug-likeness (QED) is 0.365. The Balaban J connectivity index is 1.46. The average molecular weight is 448 g/mol. The lowest BCUT2D eigenvalue weighted by atomic mass is 10.0. The van der Waals surface area contributed by atoms with E-state index in [9.17, 15) is 18.0 Å². The number of anilines is 1. The van der Waals surface area contributed by atoms with Gasteiger partial charge in [-0.3, -0.25) is 4.79 Å². The summed E-state index contributed by atoms with van der Waals surface area (Å²) < 4.78 is 44.2. The number of aromatic nitrogens is 1. The molecule has 1 aromatic heterocycles. The summed E-state index contributed by atoms with van der Waals surface area (Å²) in [6.07, 6.45) is -3.39. The maximum atomic E-state index is 12.7. The Hall–Kier alpha value is -4.13. The zero-order valence-corrected chi connectivity index (χ0v) is 17.3. The number of rotatable bonds is 6. The molecular formula is C26H19F3N2O2. The van der Waals surface area contributed by atoms with E-state index in [4.69, 9.17) is 4.74 Å².